The highest BCUT2D eigenvalue weighted by Gasteiger charge is 2.16. The third-order valence-corrected chi connectivity index (χ3v) is 2.70. The average Bonchev–Trinajstić information content (AvgIpc) is 2.89. The van der Waals surface area contributed by atoms with Crippen LogP contribution in [0.25, 0.3) is 22.4 Å². The SMILES string of the molecule is O=c1[nH]nc(-c2c[nH]c3ccc(Cl)c(F)c23)o1. The lowest BCUT2D eigenvalue weighted by Crippen LogP contribution is -1.93. The van der Waals surface area contributed by atoms with Gasteiger partial charge >= 0.3 is 5.76 Å². The number of hydrogen-bond donors (Lipinski definition) is 2. The molecular formula is C10H5ClFN3O2. The topological polar surface area (TPSA) is 74.7 Å². The Labute approximate surface area is 98.2 Å². The van der Waals surface area contributed by atoms with E-state index in [0.717, 1.165) is 0 Å². The molecule has 0 aliphatic heterocycles. The van der Waals surface area contributed by atoms with Crippen LogP contribution >= 0.6 is 11.6 Å². The van der Waals surface area contributed by atoms with Crippen LogP contribution in [-0.4, -0.2) is 15.2 Å². The minimum Gasteiger partial charge on any atom is -0.388 e. The highest BCUT2D eigenvalue weighted by Crippen LogP contribution is 2.31. The summed E-state index contributed by atoms with van der Waals surface area (Å²) >= 11 is 5.70. The maximum Gasteiger partial charge on any atom is 0.434 e. The first-order chi connectivity index (χ1) is 8.16. The number of nitrogens with zero attached hydrogens (tertiary/aromatic N) is 1. The van der Waals surface area contributed by atoms with Gasteiger partial charge in [-0.3, -0.25) is 0 Å². The molecule has 0 spiro atoms. The van der Waals surface area contributed by atoms with Crippen molar-refractivity contribution >= 4 is 22.5 Å². The minimum absolute atomic E-state index is 0.00349. The third kappa shape index (κ3) is 1.45. The summed E-state index contributed by atoms with van der Waals surface area (Å²) in [4.78, 5) is 13.7. The van der Waals surface area contributed by atoms with Gasteiger partial charge in [-0.05, 0) is 12.1 Å². The molecule has 7 heteroatoms. The van der Waals surface area contributed by atoms with Gasteiger partial charge < -0.3 is 9.40 Å². The van der Waals surface area contributed by atoms with E-state index in [1.807, 2.05) is 0 Å². The lowest BCUT2D eigenvalue weighted by molar-refractivity contribution is 0.527. The Balaban J connectivity index is 2.38. The van der Waals surface area contributed by atoms with E-state index in [-0.39, 0.29) is 16.3 Å². The standard InChI is InChI=1S/C10H5ClFN3O2/c11-5-1-2-6-7(8(5)12)4(3-13-6)9-14-15-10(16)17-9/h1-3,13H,(H,15,16). The molecule has 0 aliphatic carbocycles. The summed E-state index contributed by atoms with van der Waals surface area (Å²) in [7, 11) is 0. The van der Waals surface area contributed by atoms with Crippen LogP contribution in [-0.2, 0) is 0 Å². The van der Waals surface area contributed by atoms with Crippen LogP contribution in [0, 0.1) is 5.82 Å². The molecule has 3 rings (SSSR count). The normalized spacial score (nSPS) is 11.2. The molecule has 0 saturated carbocycles. The van der Waals surface area contributed by atoms with Crippen molar-refractivity contribution in [3.63, 3.8) is 0 Å². The molecule has 1 aromatic carbocycles. The second kappa shape index (κ2) is 3.46. The first-order valence-electron chi connectivity index (χ1n) is 4.68. The molecule has 0 saturated heterocycles. The van der Waals surface area contributed by atoms with Gasteiger partial charge in [-0.1, -0.05) is 11.6 Å². The number of hydrogen-bond acceptors (Lipinski definition) is 3. The summed E-state index contributed by atoms with van der Waals surface area (Å²) in [5.41, 5.74) is 0.894. The zero-order valence-corrected chi connectivity index (χ0v) is 9.01. The number of benzene rings is 1. The highest BCUT2D eigenvalue weighted by atomic mass is 35.5. The lowest BCUT2D eigenvalue weighted by atomic mass is 10.1. The summed E-state index contributed by atoms with van der Waals surface area (Å²) in [6, 6.07) is 3.08. The molecule has 2 heterocycles. The molecule has 5 nitrogen and oxygen atoms in total. The van der Waals surface area contributed by atoms with Crippen molar-refractivity contribution < 1.29 is 8.81 Å². The molecule has 0 atom stereocenters. The summed E-state index contributed by atoms with van der Waals surface area (Å²) in [6.45, 7) is 0. The number of halogens is 2. The van der Waals surface area contributed by atoms with Gasteiger partial charge in [0.15, 0.2) is 5.82 Å². The van der Waals surface area contributed by atoms with Crippen molar-refractivity contribution in [2.75, 3.05) is 0 Å². The van der Waals surface area contributed by atoms with E-state index in [9.17, 15) is 9.18 Å². The summed E-state index contributed by atoms with van der Waals surface area (Å²) in [6.07, 6.45) is 1.50. The van der Waals surface area contributed by atoms with Gasteiger partial charge in [0, 0.05) is 17.1 Å². The number of nitrogens with one attached hydrogen (secondary N) is 2. The first-order valence-corrected chi connectivity index (χ1v) is 5.05. The van der Waals surface area contributed by atoms with Crippen molar-refractivity contribution in [3.05, 3.63) is 39.7 Å². The lowest BCUT2D eigenvalue weighted by Gasteiger charge is -1.97. The zero-order chi connectivity index (χ0) is 12.0. The molecule has 0 fully saturated rings. The van der Waals surface area contributed by atoms with E-state index in [1.165, 1.54) is 12.3 Å². The fourth-order valence-corrected chi connectivity index (χ4v) is 1.83. The predicted octanol–water partition coefficient (Wildman–Crippen LogP) is 2.30. The van der Waals surface area contributed by atoms with Crippen molar-refractivity contribution in [2.24, 2.45) is 0 Å². The van der Waals surface area contributed by atoms with Crippen LogP contribution in [0.5, 0.6) is 0 Å². The van der Waals surface area contributed by atoms with Gasteiger partial charge in [0.05, 0.1) is 10.6 Å². The molecule has 86 valence electrons. The van der Waals surface area contributed by atoms with Crippen LogP contribution in [0.1, 0.15) is 0 Å². The molecule has 0 unspecified atom stereocenters. The van der Waals surface area contributed by atoms with Gasteiger partial charge in [-0.2, -0.15) is 0 Å². The minimum atomic E-state index is -0.697. The quantitative estimate of drug-likeness (QED) is 0.699. The van der Waals surface area contributed by atoms with Gasteiger partial charge in [-0.15, -0.1) is 5.10 Å². The number of rotatable bonds is 1. The Morgan fingerprint density at radius 3 is 2.94 bits per heavy atom. The monoisotopic (exact) mass is 253 g/mol. The summed E-state index contributed by atoms with van der Waals surface area (Å²) < 4.78 is 18.7. The summed E-state index contributed by atoms with van der Waals surface area (Å²) in [5.74, 6) is -1.26. The molecule has 0 radical (unpaired) electrons. The van der Waals surface area contributed by atoms with Crippen LogP contribution in [0.4, 0.5) is 4.39 Å². The second-order valence-electron chi connectivity index (χ2n) is 3.40. The number of aromatic amines is 2. The Bertz CT molecular complexity index is 758. The summed E-state index contributed by atoms with van der Waals surface area (Å²) in [5, 5.41) is 6.00. The molecule has 17 heavy (non-hydrogen) atoms. The van der Waals surface area contributed by atoms with Crippen molar-refractivity contribution in [1.29, 1.82) is 0 Å². The number of aromatic nitrogens is 3. The molecule has 2 N–H and O–H groups in total. The average molecular weight is 254 g/mol. The van der Waals surface area contributed by atoms with E-state index < -0.39 is 11.6 Å². The maximum atomic E-state index is 13.9. The Kier molecular flexibility index (Phi) is 2.05. The highest BCUT2D eigenvalue weighted by molar-refractivity contribution is 6.31. The van der Waals surface area contributed by atoms with E-state index >= 15 is 0 Å². The van der Waals surface area contributed by atoms with Gasteiger partial charge in [0.1, 0.15) is 0 Å². The molecule has 2 aromatic heterocycles. The molecule has 3 aromatic rings. The third-order valence-electron chi connectivity index (χ3n) is 2.40. The second-order valence-corrected chi connectivity index (χ2v) is 3.81. The van der Waals surface area contributed by atoms with Crippen molar-refractivity contribution in [2.45, 2.75) is 0 Å². The van der Waals surface area contributed by atoms with Gasteiger partial charge in [-0.25, -0.2) is 14.3 Å². The number of fused-ring (bicyclic) bond motifs is 1. The van der Waals surface area contributed by atoms with E-state index in [1.54, 1.807) is 6.07 Å². The van der Waals surface area contributed by atoms with E-state index in [0.29, 0.717) is 11.1 Å². The van der Waals surface area contributed by atoms with Crippen molar-refractivity contribution in [1.82, 2.24) is 15.2 Å². The molecular weight excluding hydrogens is 249 g/mol. The molecule has 0 aliphatic rings. The number of H-pyrrole nitrogens is 2. The van der Waals surface area contributed by atoms with Crippen LogP contribution < -0.4 is 5.76 Å². The van der Waals surface area contributed by atoms with E-state index in [2.05, 4.69) is 15.2 Å². The smallest absolute Gasteiger partial charge is 0.388 e. The fourth-order valence-electron chi connectivity index (χ4n) is 1.67. The van der Waals surface area contributed by atoms with Crippen molar-refractivity contribution in [3.8, 4) is 11.5 Å². The largest absolute Gasteiger partial charge is 0.434 e. The first kappa shape index (κ1) is 10.1. The Morgan fingerprint density at radius 1 is 1.41 bits per heavy atom. The molecule has 0 amide bonds. The van der Waals surface area contributed by atoms with E-state index in [4.69, 9.17) is 16.0 Å². The van der Waals surface area contributed by atoms with Gasteiger partial charge in [0.25, 0.3) is 5.89 Å². The van der Waals surface area contributed by atoms with Crippen LogP contribution in [0.15, 0.2) is 27.5 Å². The maximum absolute atomic E-state index is 13.9. The Hall–Kier alpha value is -2.08. The zero-order valence-electron chi connectivity index (χ0n) is 8.25. The van der Waals surface area contributed by atoms with Crippen LogP contribution in [0.2, 0.25) is 5.02 Å². The van der Waals surface area contributed by atoms with Crippen LogP contribution in [0.3, 0.4) is 0 Å². The Morgan fingerprint density at radius 2 is 2.24 bits per heavy atom. The predicted molar refractivity (Wildman–Crippen MR) is 59.4 cm³/mol. The molecule has 0 bridgehead atoms. The van der Waals surface area contributed by atoms with Gasteiger partial charge in [0.2, 0.25) is 0 Å². The fraction of sp³-hybridized carbons (Fsp3) is 0.